The van der Waals surface area contributed by atoms with Crippen LogP contribution in [0.25, 0.3) is 0 Å². The van der Waals surface area contributed by atoms with E-state index in [1.807, 2.05) is 0 Å². The number of anilines is 1. The highest BCUT2D eigenvalue weighted by Gasteiger charge is 2.22. The molecule has 0 fully saturated rings. The minimum Gasteiger partial charge on any atom is -0.618 e. The van der Waals surface area contributed by atoms with Crippen molar-refractivity contribution in [1.82, 2.24) is 5.32 Å². The van der Waals surface area contributed by atoms with E-state index in [1.54, 1.807) is 19.1 Å². The van der Waals surface area contributed by atoms with Gasteiger partial charge in [-0.1, -0.05) is 0 Å². The highest BCUT2D eigenvalue weighted by atomic mass is 19.4. The van der Waals surface area contributed by atoms with Crippen LogP contribution in [0.4, 0.5) is 18.9 Å². The van der Waals surface area contributed by atoms with Crippen molar-refractivity contribution in [2.24, 2.45) is 0 Å². The minimum absolute atomic E-state index is 0.128. The van der Waals surface area contributed by atoms with Crippen LogP contribution in [0.2, 0.25) is 0 Å². The van der Waals surface area contributed by atoms with Crippen LogP contribution >= 0.6 is 0 Å². The molecule has 0 atom stereocenters. The van der Waals surface area contributed by atoms with Crippen LogP contribution in [0.5, 0.6) is 0 Å². The van der Waals surface area contributed by atoms with E-state index in [1.165, 1.54) is 6.20 Å². The molecular formula is C12H14F3N3O2. The van der Waals surface area contributed by atoms with Crippen molar-refractivity contribution in [3.63, 3.8) is 0 Å². The molecule has 0 saturated carbocycles. The van der Waals surface area contributed by atoms with Crippen LogP contribution < -0.4 is 15.4 Å². The maximum Gasteiger partial charge on any atom is 0.409 e. The third kappa shape index (κ3) is 5.59. The quantitative estimate of drug-likeness (QED) is 0.371. The van der Waals surface area contributed by atoms with Crippen LogP contribution in [-0.4, -0.2) is 25.2 Å². The predicted molar refractivity (Wildman–Crippen MR) is 66.8 cm³/mol. The van der Waals surface area contributed by atoms with Crippen LogP contribution in [0.1, 0.15) is 5.69 Å². The Morgan fingerprint density at radius 3 is 2.80 bits per heavy atom. The van der Waals surface area contributed by atoms with Crippen LogP contribution in [-0.2, 0) is 4.79 Å². The van der Waals surface area contributed by atoms with Crippen molar-refractivity contribution in [1.29, 1.82) is 0 Å². The van der Waals surface area contributed by atoms with Crippen molar-refractivity contribution in [2.75, 3.05) is 18.4 Å². The second kappa shape index (κ2) is 6.78. The van der Waals surface area contributed by atoms with E-state index in [-0.39, 0.29) is 19.2 Å². The number of allylic oxidation sites excluding steroid dienone is 1. The lowest BCUT2D eigenvalue weighted by Crippen LogP contribution is -2.32. The average Bonchev–Trinajstić information content (AvgIpc) is 2.36. The van der Waals surface area contributed by atoms with Crippen molar-refractivity contribution in [3.05, 3.63) is 41.4 Å². The number of halogens is 3. The summed E-state index contributed by atoms with van der Waals surface area (Å²) in [5.74, 6) is -0.826. The number of aromatic nitrogens is 1. The van der Waals surface area contributed by atoms with Gasteiger partial charge in [-0.15, -0.1) is 0 Å². The fourth-order valence-electron chi connectivity index (χ4n) is 1.37. The van der Waals surface area contributed by atoms with Gasteiger partial charge in [-0.2, -0.15) is 17.9 Å². The summed E-state index contributed by atoms with van der Waals surface area (Å²) in [6, 6.07) is 3.25. The number of alkyl halides is 3. The number of hydrogen-bond donors (Lipinski definition) is 2. The number of amides is 1. The number of nitrogens with one attached hydrogen (secondary N) is 2. The van der Waals surface area contributed by atoms with Crippen molar-refractivity contribution in [2.45, 2.75) is 13.1 Å². The molecule has 1 aromatic rings. The van der Waals surface area contributed by atoms with Gasteiger partial charge in [0.25, 0.3) is 0 Å². The van der Waals surface area contributed by atoms with Gasteiger partial charge in [0, 0.05) is 38.2 Å². The molecule has 1 aromatic heterocycles. The van der Waals surface area contributed by atoms with Gasteiger partial charge in [0.15, 0.2) is 6.20 Å². The molecule has 5 nitrogen and oxygen atoms in total. The molecule has 1 rings (SSSR count). The summed E-state index contributed by atoms with van der Waals surface area (Å²) in [6.45, 7) is 2.05. The van der Waals surface area contributed by atoms with Crippen molar-refractivity contribution in [3.8, 4) is 0 Å². The third-order valence-electron chi connectivity index (χ3n) is 2.37. The van der Waals surface area contributed by atoms with Gasteiger partial charge >= 0.3 is 6.18 Å². The summed E-state index contributed by atoms with van der Waals surface area (Å²) in [5.41, 5.74) is 1.07. The van der Waals surface area contributed by atoms with Gasteiger partial charge in [-0.3, -0.25) is 4.79 Å². The molecule has 0 saturated heterocycles. The number of carbonyl (C=O) groups excluding carboxylic acids is 1. The Labute approximate surface area is 113 Å². The largest absolute Gasteiger partial charge is 0.618 e. The molecule has 0 aliphatic rings. The summed E-state index contributed by atoms with van der Waals surface area (Å²) in [5, 5.41) is 16.4. The number of nitrogens with zero attached hydrogens (tertiary/aromatic N) is 1. The normalized spacial score (nSPS) is 11.6. The zero-order valence-corrected chi connectivity index (χ0v) is 10.7. The molecule has 0 unspecified atom stereocenters. The van der Waals surface area contributed by atoms with E-state index >= 15 is 0 Å². The van der Waals surface area contributed by atoms with Gasteiger partial charge in [-0.25, -0.2) is 0 Å². The maximum absolute atomic E-state index is 11.8. The maximum atomic E-state index is 11.8. The van der Waals surface area contributed by atoms with Crippen molar-refractivity contribution >= 4 is 11.6 Å². The molecule has 1 heterocycles. The highest BCUT2D eigenvalue weighted by Crippen LogP contribution is 2.15. The Hall–Kier alpha value is -2.25. The van der Waals surface area contributed by atoms with E-state index in [0.717, 1.165) is 0 Å². The Balaban J connectivity index is 2.34. The summed E-state index contributed by atoms with van der Waals surface area (Å²) < 4.78 is 36.1. The SMILES string of the molecule is Cc1c(NCCNC(=O)/C=C/C(F)(F)F)ccc[n+]1[O-]. The lowest BCUT2D eigenvalue weighted by Gasteiger charge is -2.09. The van der Waals surface area contributed by atoms with E-state index in [4.69, 9.17) is 0 Å². The lowest BCUT2D eigenvalue weighted by atomic mass is 10.3. The first kappa shape index (κ1) is 15.8. The zero-order chi connectivity index (χ0) is 15.2. The molecule has 2 N–H and O–H groups in total. The van der Waals surface area contributed by atoms with Crippen LogP contribution in [0.3, 0.4) is 0 Å². The molecule has 1 amide bonds. The van der Waals surface area contributed by atoms with Crippen molar-refractivity contribution < 1.29 is 22.7 Å². The Morgan fingerprint density at radius 1 is 1.45 bits per heavy atom. The second-order valence-electron chi connectivity index (χ2n) is 3.93. The molecule has 0 radical (unpaired) electrons. The molecule has 110 valence electrons. The van der Waals surface area contributed by atoms with Gasteiger partial charge in [0.2, 0.25) is 11.6 Å². The predicted octanol–water partition coefficient (Wildman–Crippen LogP) is 1.28. The standard InChI is InChI=1S/C12H14F3N3O2/c1-9-10(3-2-8-18(9)20)16-6-7-17-11(19)4-5-12(13,14)15/h2-5,8,16H,6-7H2,1H3,(H,17,19)/b5-4+. The van der Waals surface area contributed by atoms with E-state index in [2.05, 4.69) is 10.6 Å². The number of pyridine rings is 1. The lowest BCUT2D eigenvalue weighted by molar-refractivity contribution is -0.611. The number of rotatable bonds is 5. The molecule has 8 heteroatoms. The third-order valence-corrected chi connectivity index (χ3v) is 2.37. The topological polar surface area (TPSA) is 68.1 Å². The first-order valence-electron chi connectivity index (χ1n) is 5.76. The summed E-state index contributed by atoms with van der Waals surface area (Å²) in [4.78, 5) is 11.0. The Morgan fingerprint density at radius 2 is 2.15 bits per heavy atom. The van der Waals surface area contributed by atoms with Gasteiger partial charge in [0.05, 0.1) is 0 Å². The summed E-state index contributed by atoms with van der Waals surface area (Å²) in [6.07, 6.45) is -2.85. The fourth-order valence-corrected chi connectivity index (χ4v) is 1.37. The van der Waals surface area contributed by atoms with E-state index in [9.17, 15) is 23.2 Å². The van der Waals surface area contributed by atoms with Gasteiger partial charge in [-0.05, 0) is 6.07 Å². The number of carbonyl (C=O) groups is 1. The number of hydrogen-bond acceptors (Lipinski definition) is 3. The molecular weight excluding hydrogens is 275 g/mol. The van der Waals surface area contributed by atoms with E-state index < -0.39 is 12.1 Å². The first-order valence-corrected chi connectivity index (χ1v) is 5.76. The Bertz CT molecular complexity index is 501. The first-order chi connectivity index (χ1) is 9.29. The molecule has 20 heavy (non-hydrogen) atoms. The zero-order valence-electron chi connectivity index (χ0n) is 10.7. The molecule has 0 aromatic carbocycles. The fraction of sp³-hybridized carbons (Fsp3) is 0.333. The second-order valence-corrected chi connectivity index (χ2v) is 3.93. The minimum atomic E-state index is -4.50. The van der Waals surface area contributed by atoms with Crippen LogP contribution in [0.15, 0.2) is 30.5 Å². The monoisotopic (exact) mass is 289 g/mol. The molecule has 0 spiro atoms. The highest BCUT2D eigenvalue weighted by molar-refractivity contribution is 5.87. The Kier molecular flexibility index (Phi) is 5.36. The summed E-state index contributed by atoms with van der Waals surface area (Å²) in [7, 11) is 0. The van der Waals surface area contributed by atoms with Crippen LogP contribution in [0, 0.1) is 12.1 Å². The van der Waals surface area contributed by atoms with E-state index in [0.29, 0.717) is 22.2 Å². The average molecular weight is 289 g/mol. The van der Waals surface area contributed by atoms with Gasteiger partial charge < -0.3 is 15.8 Å². The smallest absolute Gasteiger partial charge is 0.409 e. The molecule has 0 aliphatic carbocycles. The van der Waals surface area contributed by atoms with Gasteiger partial charge in [0.1, 0.15) is 5.69 Å². The molecule has 0 aliphatic heterocycles. The summed E-state index contributed by atoms with van der Waals surface area (Å²) >= 11 is 0. The molecule has 0 bridgehead atoms.